The molecule has 0 bridgehead atoms. The van der Waals surface area contributed by atoms with Gasteiger partial charge in [0.1, 0.15) is 5.82 Å². The summed E-state index contributed by atoms with van der Waals surface area (Å²) in [7, 11) is 2.18. The Bertz CT molecular complexity index is 401. The van der Waals surface area contributed by atoms with Crippen LogP contribution in [-0.2, 0) is 6.54 Å². The summed E-state index contributed by atoms with van der Waals surface area (Å²) in [4.78, 5) is 13.8. The fraction of sp³-hybridized carbons (Fsp3) is 0.714. The van der Waals surface area contributed by atoms with Crippen LogP contribution in [-0.4, -0.2) is 54.1 Å². The summed E-state index contributed by atoms with van der Waals surface area (Å²) in [6.07, 6.45) is 7.66. The summed E-state index contributed by atoms with van der Waals surface area (Å²) in [6, 6.07) is 0.725. The van der Waals surface area contributed by atoms with Crippen molar-refractivity contribution in [1.29, 1.82) is 0 Å². The Morgan fingerprint density at radius 2 is 2.05 bits per heavy atom. The minimum Gasteiger partial charge on any atom is -0.354 e. The average molecular weight is 261 g/mol. The summed E-state index contributed by atoms with van der Waals surface area (Å²) in [5.41, 5.74) is 1.04. The van der Waals surface area contributed by atoms with E-state index in [1.165, 1.54) is 25.8 Å². The lowest BCUT2D eigenvalue weighted by molar-refractivity contribution is 0.360. The van der Waals surface area contributed by atoms with E-state index in [0.717, 1.165) is 43.7 Å². The molecule has 0 atom stereocenters. The van der Waals surface area contributed by atoms with Crippen LogP contribution in [0.5, 0.6) is 0 Å². The molecule has 1 saturated carbocycles. The molecule has 1 N–H and O–H groups in total. The number of nitrogens with zero attached hydrogens (tertiary/aromatic N) is 4. The van der Waals surface area contributed by atoms with E-state index in [9.17, 15) is 0 Å². The molecule has 5 nitrogen and oxygen atoms in total. The molecule has 0 radical (unpaired) electrons. The Morgan fingerprint density at radius 3 is 2.79 bits per heavy atom. The standard InChI is InChI=1S/C14H23N5/c1-18-5-2-6-19(8-7-18)14-11-16-13(10-17-14)9-15-12-3-4-12/h10-12,15H,2-9H2,1H3. The van der Waals surface area contributed by atoms with Crippen molar-refractivity contribution in [3.05, 3.63) is 18.1 Å². The quantitative estimate of drug-likeness (QED) is 0.871. The van der Waals surface area contributed by atoms with E-state index in [2.05, 4.69) is 32.1 Å². The number of hydrogen-bond acceptors (Lipinski definition) is 5. The lowest BCUT2D eigenvalue weighted by Gasteiger charge is -2.21. The Kier molecular flexibility index (Phi) is 3.94. The third kappa shape index (κ3) is 3.64. The summed E-state index contributed by atoms with van der Waals surface area (Å²) >= 11 is 0. The molecule has 0 unspecified atom stereocenters. The highest BCUT2D eigenvalue weighted by molar-refractivity contribution is 5.36. The van der Waals surface area contributed by atoms with Crippen molar-refractivity contribution >= 4 is 5.82 Å². The molecule has 0 amide bonds. The third-order valence-corrected chi connectivity index (χ3v) is 3.88. The van der Waals surface area contributed by atoms with Crippen LogP contribution in [0.3, 0.4) is 0 Å². The largest absolute Gasteiger partial charge is 0.354 e. The molecule has 1 aliphatic carbocycles. The fourth-order valence-electron chi connectivity index (χ4n) is 2.41. The Labute approximate surface area is 115 Å². The van der Waals surface area contributed by atoms with Crippen molar-refractivity contribution in [3.8, 4) is 0 Å². The molecule has 3 rings (SSSR count). The number of anilines is 1. The van der Waals surface area contributed by atoms with Gasteiger partial charge in [-0.1, -0.05) is 0 Å². The number of aromatic nitrogens is 2. The Balaban J connectivity index is 1.57. The van der Waals surface area contributed by atoms with Crippen LogP contribution in [0.4, 0.5) is 5.82 Å². The van der Waals surface area contributed by atoms with Gasteiger partial charge < -0.3 is 15.1 Å². The van der Waals surface area contributed by atoms with Gasteiger partial charge >= 0.3 is 0 Å². The molecule has 1 aromatic rings. The molecule has 19 heavy (non-hydrogen) atoms. The molecule has 0 aromatic carbocycles. The zero-order chi connectivity index (χ0) is 13.1. The molecule has 2 heterocycles. The Hall–Kier alpha value is -1.20. The predicted octanol–water partition coefficient (Wildman–Crippen LogP) is 0.870. The van der Waals surface area contributed by atoms with Crippen molar-refractivity contribution in [1.82, 2.24) is 20.2 Å². The maximum Gasteiger partial charge on any atom is 0.147 e. The molecule has 0 spiro atoms. The topological polar surface area (TPSA) is 44.3 Å². The zero-order valence-electron chi connectivity index (χ0n) is 11.7. The van der Waals surface area contributed by atoms with Crippen LogP contribution in [0.25, 0.3) is 0 Å². The highest BCUT2D eigenvalue weighted by atomic mass is 15.2. The molecule has 1 aliphatic heterocycles. The van der Waals surface area contributed by atoms with E-state index in [4.69, 9.17) is 0 Å². The van der Waals surface area contributed by atoms with Crippen molar-refractivity contribution in [3.63, 3.8) is 0 Å². The average Bonchev–Trinajstić information content (AvgIpc) is 3.25. The van der Waals surface area contributed by atoms with Gasteiger partial charge in [-0.2, -0.15) is 0 Å². The first-order valence-electron chi connectivity index (χ1n) is 7.29. The van der Waals surface area contributed by atoms with Crippen LogP contribution in [0.1, 0.15) is 25.0 Å². The van der Waals surface area contributed by atoms with Gasteiger partial charge in [0.25, 0.3) is 0 Å². The van der Waals surface area contributed by atoms with Crippen molar-refractivity contribution in [2.45, 2.75) is 31.8 Å². The minimum absolute atomic E-state index is 0.725. The van der Waals surface area contributed by atoms with Crippen molar-refractivity contribution < 1.29 is 0 Å². The maximum absolute atomic E-state index is 4.57. The molecular formula is C14H23N5. The van der Waals surface area contributed by atoms with Crippen LogP contribution >= 0.6 is 0 Å². The van der Waals surface area contributed by atoms with Gasteiger partial charge in [0, 0.05) is 32.2 Å². The second-order valence-electron chi connectivity index (χ2n) is 5.66. The highest BCUT2D eigenvalue weighted by Gasteiger charge is 2.20. The molecular weight excluding hydrogens is 238 g/mol. The number of hydrogen-bond donors (Lipinski definition) is 1. The van der Waals surface area contributed by atoms with Crippen LogP contribution < -0.4 is 10.2 Å². The summed E-state index contributed by atoms with van der Waals surface area (Å²) < 4.78 is 0. The minimum atomic E-state index is 0.725. The second-order valence-corrected chi connectivity index (χ2v) is 5.66. The smallest absolute Gasteiger partial charge is 0.147 e. The monoisotopic (exact) mass is 261 g/mol. The third-order valence-electron chi connectivity index (χ3n) is 3.88. The predicted molar refractivity (Wildman–Crippen MR) is 76.2 cm³/mol. The summed E-state index contributed by atoms with van der Waals surface area (Å²) in [5, 5.41) is 3.46. The first-order chi connectivity index (χ1) is 9.31. The molecule has 104 valence electrons. The van der Waals surface area contributed by atoms with Gasteiger partial charge in [0.15, 0.2) is 0 Å². The summed E-state index contributed by atoms with van der Waals surface area (Å²) in [5.74, 6) is 1.02. The lowest BCUT2D eigenvalue weighted by Crippen LogP contribution is -2.29. The Morgan fingerprint density at radius 1 is 1.16 bits per heavy atom. The first kappa shape index (κ1) is 12.8. The van der Waals surface area contributed by atoms with Gasteiger partial charge in [0.2, 0.25) is 0 Å². The van der Waals surface area contributed by atoms with Gasteiger partial charge in [-0.3, -0.25) is 4.98 Å². The second kappa shape index (κ2) is 5.84. The van der Waals surface area contributed by atoms with E-state index in [-0.39, 0.29) is 0 Å². The number of nitrogens with one attached hydrogen (secondary N) is 1. The molecule has 2 fully saturated rings. The van der Waals surface area contributed by atoms with E-state index in [1.807, 2.05) is 12.4 Å². The van der Waals surface area contributed by atoms with E-state index < -0.39 is 0 Å². The van der Waals surface area contributed by atoms with Gasteiger partial charge in [-0.25, -0.2) is 4.98 Å². The molecule has 1 aromatic heterocycles. The molecule has 5 heteroatoms. The molecule has 2 aliphatic rings. The van der Waals surface area contributed by atoms with E-state index in [1.54, 1.807) is 0 Å². The molecule has 1 saturated heterocycles. The van der Waals surface area contributed by atoms with Gasteiger partial charge in [-0.15, -0.1) is 0 Å². The normalized spacial score (nSPS) is 21.4. The van der Waals surface area contributed by atoms with Gasteiger partial charge in [0.05, 0.1) is 18.1 Å². The number of rotatable bonds is 4. The lowest BCUT2D eigenvalue weighted by atomic mass is 10.4. The summed E-state index contributed by atoms with van der Waals surface area (Å²) in [6.45, 7) is 5.25. The van der Waals surface area contributed by atoms with Crippen LogP contribution in [0.15, 0.2) is 12.4 Å². The van der Waals surface area contributed by atoms with Crippen LogP contribution in [0, 0.1) is 0 Å². The SMILES string of the molecule is CN1CCCN(c2cnc(CNC3CC3)cn2)CC1. The zero-order valence-corrected chi connectivity index (χ0v) is 11.7. The first-order valence-corrected chi connectivity index (χ1v) is 7.29. The van der Waals surface area contributed by atoms with E-state index in [0.29, 0.717) is 0 Å². The van der Waals surface area contributed by atoms with E-state index >= 15 is 0 Å². The van der Waals surface area contributed by atoms with Gasteiger partial charge in [-0.05, 0) is 32.9 Å². The fourth-order valence-corrected chi connectivity index (χ4v) is 2.41. The number of likely N-dealkylation sites (N-methyl/N-ethyl adjacent to an activating group) is 1. The highest BCUT2D eigenvalue weighted by Crippen LogP contribution is 2.19. The van der Waals surface area contributed by atoms with Crippen molar-refractivity contribution in [2.75, 3.05) is 38.1 Å². The van der Waals surface area contributed by atoms with Crippen LogP contribution in [0.2, 0.25) is 0 Å². The van der Waals surface area contributed by atoms with Crippen molar-refractivity contribution in [2.24, 2.45) is 0 Å². The maximum atomic E-state index is 4.57.